The minimum Gasteiger partial charge on any atom is -0.300 e. The number of halogens is 1. The molecule has 1 rings (SSSR count). The van der Waals surface area contributed by atoms with Crippen LogP contribution in [0.2, 0.25) is 0 Å². The smallest absolute Gasteiger partial charge is 0.133 e. The highest BCUT2D eigenvalue weighted by Crippen LogP contribution is 2.32. The first-order chi connectivity index (χ1) is 5.77. The monoisotopic (exact) mass is 188 g/mol. The Morgan fingerprint density at radius 3 is 2.83 bits per heavy atom. The Balaban J connectivity index is 2.44. The van der Waals surface area contributed by atoms with E-state index >= 15 is 0 Å². The summed E-state index contributed by atoms with van der Waals surface area (Å²) in [5.41, 5.74) is 0. The molecule has 0 N–H and O–H groups in total. The second kappa shape index (κ2) is 4.86. The van der Waals surface area contributed by atoms with Gasteiger partial charge in [-0.2, -0.15) is 0 Å². The van der Waals surface area contributed by atoms with Crippen molar-refractivity contribution in [1.82, 2.24) is 0 Å². The van der Waals surface area contributed by atoms with Crippen molar-refractivity contribution in [2.24, 2.45) is 11.8 Å². The summed E-state index contributed by atoms with van der Waals surface area (Å²) >= 11 is 5.82. The van der Waals surface area contributed by atoms with Crippen molar-refractivity contribution in [3.8, 4) is 0 Å². The van der Waals surface area contributed by atoms with E-state index < -0.39 is 0 Å². The summed E-state index contributed by atoms with van der Waals surface area (Å²) in [7, 11) is 0. The number of Topliss-reactive ketones (excluding diaryl/α,β-unsaturated/α-hetero) is 1. The maximum Gasteiger partial charge on any atom is 0.133 e. The summed E-state index contributed by atoms with van der Waals surface area (Å²) < 4.78 is 0. The van der Waals surface area contributed by atoms with Crippen LogP contribution in [0.5, 0.6) is 0 Å². The van der Waals surface area contributed by atoms with Gasteiger partial charge in [-0.1, -0.05) is 19.8 Å². The van der Waals surface area contributed by atoms with Gasteiger partial charge in [-0.3, -0.25) is 4.79 Å². The van der Waals surface area contributed by atoms with E-state index in [4.69, 9.17) is 11.6 Å². The van der Waals surface area contributed by atoms with E-state index in [1.807, 2.05) is 0 Å². The van der Waals surface area contributed by atoms with Crippen LogP contribution >= 0.6 is 11.6 Å². The summed E-state index contributed by atoms with van der Waals surface area (Å²) in [5, 5.41) is 0. The lowest BCUT2D eigenvalue weighted by Crippen LogP contribution is -2.26. The molecule has 0 aromatic rings. The van der Waals surface area contributed by atoms with Crippen LogP contribution in [-0.4, -0.2) is 11.7 Å². The van der Waals surface area contributed by atoms with Gasteiger partial charge in [0.15, 0.2) is 0 Å². The molecule has 2 heteroatoms. The molecule has 0 aromatic carbocycles. The van der Waals surface area contributed by atoms with Crippen LogP contribution in [0.1, 0.15) is 39.0 Å². The SMILES string of the molecule is CCCC1CCC(=O)CC1CCl. The van der Waals surface area contributed by atoms with Crippen LogP contribution in [0.4, 0.5) is 0 Å². The number of rotatable bonds is 3. The van der Waals surface area contributed by atoms with Crippen molar-refractivity contribution >= 4 is 17.4 Å². The average Bonchev–Trinajstić information content (AvgIpc) is 2.08. The zero-order valence-corrected chi connectivity index (χ0v) is 8.44. The van der Waals surface area contributed by atoms with E-state index in [0.717, 1.165) is 19.3 Å². The first-order valence-corrected chi connectivity index (χ1v) is 5.39. The highest BCUT2D eigenvalue weighted by atomic mass is 35.5. The number of hydrogen-bond acceptors (Lipinski definition) is 1. The van der Waals surface area contributed by atoms with Crippen LogP contribution in [0.15, 0.2) is 0 Å². The molecule has 0 aromatic heterocycles. The first-order valence-electron chi connectivity index (χ1n) is 4.85. The van der Waals surface area contributed by atoms with Gasteiger partial charge in [0, 0.05) is 18.7 Å². The maximum atomic E-state index is 11.1. The second-order valence-corrected chi connectivity index (χ2v) is 4.05. The lowest BCUT2D eigenvalue weighted by molar-refractivity contribution is -0.122. The van der Waals surface area contributed by atoms with Crippen LogP contribution in [0, 0.1) is 11.8 Å². The molecular weight excluding hydrogens is 172 g/mol. The van der Waals surface area contributed by atoms with Crippen molar-refractivity contribution in [2.75, 3.05) is 5.88 Å². The predicted molar refractivity (Wildman–Crippen MR) is 51.5 cm³/mol. The van der Waals surface area contributed by atoms with Crippen molar-refractivity contribution in [3.05, 3.63) is 0 Å². The van der Waals surface area contributed by atoms with Gasteiger partial charge in [0.05, 0.1) is 0 Å². The number of alkyl halides is 1. The molecule has 0 amide bonds. The summed E-state index contributed by atoms with van der Waals surface area (Å²) in [5.74, 6) is 2.25. The minimum absolute atomic E-state index is 0.410. The molecule has 0 aliphatic heterocycles. The molecule has 2 unspecified atom stereocenters. The zero-order valence-electron chi connectivity index (χ0n) is 7.68. The fourth-order valence-corrected chi connectivity index (χ4v) is 2.44. The minimum atomic E-state index is 0.410. The van der Waals surface area contributed by atoms with Crippen molar-refractivity contribution in [3.63, 3.8) is 0 Å². The third-order valence-corrected chi connectivity index (χ3v) is 3.20. The summed E-state index contributed by atoms with van der Waals surface area (Å²) in [6.07, 6.45) is 5.05. The number of ketones is 1. The van der Waals surface area contributed by atoms with Crippen molar-refractivity contribution < 1.29 is 4.79 Å². The van der Waals surface area contributed by atoms with Gasteiger partial charge in [0.25, 0.3) is 0 Å². The second-order valence-electron chi connectivity index (χ2n) is 3.74. The number of hydrogen-bond donors (Lipinski definition) is 0. The predicted octanol–water partition coefficient (Wildman–Crippen LogP) is 3.01. The van der Waals surface area contributed by atoms with Gasteiger partial charge in [-0.15, -0.1) is 11.6 Å². The Kier molecular flexibility index (Phi) is 4.07. The molecule has 1 aliphatic rings. The van der Waals surface area contributed by atoms with E-state index in [0.29, 0.717) is 23.5 Å². The fourth-order valence-electron chi connectivity index (χ4n) is 2.07. The van der Waals surface area contributed by atoms with Crippen molar-refractivity contribution in [2.45, 2.75) is 39.0 Å². The number of carbonyl (C=O) groups excluding carboxylic acids is 1. The molecule has 2 atom stereocenters. The quantitative estimate of drug-likeness (QED) is 0.623. The molecule has 1 aliphatic carbocycles. The van der Waals surface area contributed by atoms with Crippen LogP contribution in [-0.2, 0) is 4.79 Å². The molecule has 0 saturated heterocycles. The Labute approximate surface area is 79.5 Å². The lowest BCUT2D eigenvalue weighted by atomic mass is 9.77. The molecule has 1 saturated carbocycles. The number of carbonyl (C=O) groups is 1. The van der Waals surface area contributed by atoms with Crippen LogP contribution in [0.3, 0.4) is 0 Å². The van der Waals surface area contributed by atoms with E-state index in [1.165, 1.54) is 12.8 Å². The summed E-state index contributed by atoms with van der Waals surface area (Å²) in [4.78, 5) is 11.1. The molecule has 70 valence electrons. The zero-order chi connectivity index (χ0) is 8.97. The van der Waals surface area contributed by atoms with Gasteiger partial charge < -0.3 is 0 Å². The standard InChI is InChI=1S/C10H17ClO/c1-2-3-8-4-5-10(12)6-9(8)7-11/h8-9H,2-7H2,1H3. The molecule has 0 heterocycles. The lowest BCUT2D eigenvalue weighted by Gasteiger charge is -2.28. The van der Waals surface area contributed by atoms with E-state index in [1.54, 1.807) is 0 Å². The molecule has 0 spiro atoms. The molecule has 0 bridgehead atoms. The summed E-state index contributed by atoms with van der Waals surface area (Å²) in [6, 6.07) is 0. The van der Waals surface area contributed by atoms with Gasteiger partial charge in [0.1, 0.15) is 5.78 Å². The third kappa shape index (κ3) is 2.48. The third-order valence-electron chi connectivity index (χ3n) is 2.81. The Morgan fingerprint density at radius 2 is 2.25 bits per heavy atom. The van der Waals surface area contributed by atoms with Gasteiger partial charge in [-0.25, -0.2) is 0 Å². The highest BCUT2D eigenvalue weighted by molar-refractivity contribution is 6.18. The normalized spacial score (nSPS) is 30.7. The Bertz CT molecular complexity index is 156. The van der Waals surface area contributed by atoms with Gasteiger partial charge in [0.2, 0.25) is 0 Å². The van der Waals surface area contributed by atoms with E-state index in [2.05, 4.69) is 6.92 Å². The van der Waals surface area contributed by atoms with E-state index in [-0.39, 0.29) is 0 Å². The maximum absolute atomic E-state index is 11.1. The molecular formula is C10H17ClO. The van der Waals surface area contributed by atoms with Crippen LogP contribution < -0.4 is 0 Å². The highest BCUT2D eigenvalue weighted by Gasteiger charge is 2.27. The molecule has 1 nitrogen and oxygen atoms in total. The molecule has 1 fully saturated rings. The first kappa shape index (κ1) is 10.0. The molecule has 12 heavy (non-hydrogen) atoms. The summed E-state index contributed by atoms with van der Waals surface area (Å²) in [6.45, 7) is 2.20. The van der Waals surface area contributed by atoms with Crippen LogP contribution in [0.25, 0.3) is 0 Å². The van der Waals surface area contributed by atoms with Gasteiger partial charge in [-0.05, 0) is 18.3 Å². The Morgan fingerprint density at radius 1 is 1.50 bits per heavy atom. The average molecular weight is 189 g/mol. The topological polar surface area (TPSA) is 17.1 Å². The largest absolute Gasteiger partial charge is 0.300 e. The Hall–Kier alpha value is -0.0400. The van der Waals surface area contributed by atoms with Crippen molar-refractivity contribution in [1.29, 1.82) is 0 Å². The molecule has 0 radical (unpaired) electrons. The van der Waals surface area contributed by atoms with Gasteiger partial charge >= 0.3 is 0 Å². The van der Waals surface area contributed by atoms with E-state index in [9.17, 15) is 4.79 Å². The fraction of sp³-hybridized carbons (Fsp3) is 0.900.